The highest BCUT2D eigenvalue weighted by molar-refractivity contribution is 7.37. The van der Waals surface area contributed by atoms with Gasteiger partial charge < -0.3 is 0 Å². The van der Waals surface area contributed by atoms with Crippen LogP contribution in [0.25, 0.3) is 21.5 Å². The van der Waals surface area contributed by atoms with Crippen LogP contribution in [0, 0.1) is 0 Å². The zero-order chi connectivity index (χ0) is 19.2. The van der Waals surface area contributed by atoms with Crippen molar-refractivity contribution in [3.05, 3.63) is 83.4 Å². The summed E-state index contributed by atoms with van der Waals surface area (Å²) in [5, 5.41) is 2.85. The number of hydrogen-bond acceptors (Lipinski definition) is 2. The first-order valence-corrected chi connectivity index (χ1v) is 10.5. The molecular formula is C24H24O2P+. The molecule has 0 aliphatic heterocycles. The lowest BCUT2D eigenvalue weighted by molar-refractivity contribution is 0.551. The molecule has 3 aromatic carbocycles. The third-order valence-corrected chi connectivity index (χ3v) is 6.42. The first-order valence-electron chi connectivity index (χ1n) is 9.34. The Hall–Kier alpha value is -2.44. The average Bonchev–Trinajstić information content (AvgIpc) is 2.67. The Morgan fingerprint density at radius 1 is 0.852 bits per heavy atom. The van der Waals surface area contributed by atoms with E-state index in [2.05, 4.69) is 64.1 Å². The fourth-order valence-electron chi connectivity index (χ4n) is 3.68. The van der Waals surface area contributed by atoms with Gasteiger partial charge in [-0.25, -0.2) is 4.20 Å². The Bertz CT molecular complexity index is 1180. The maximum atomic E-state index is 12.7. The highest BCUT2D eigenvalue weighted by Gasteiger charge is 2.26. The molecule has 0 bridgehead atoms. The summed E-state index contributed by atoms with van der Waals surface area (Å²) in [7, 11) is -1.88. The van der Waals surface area contributed by atoms with Crippen molar-refractivity contribution in [2.75, 3.05) is 0 Å². The lowest BCUT2D eigenvalue weighted by atomic mass is 9.82. The summed E-state index contributed by atoms with van der Waals surface area (Å²) in [6.45, 7) is 8.77. The zero-order valence-corrected chi connectivity index (χ0v) is 17.1. The SMILES string of the molecule is CC(c1ccccc1)c1cc(C(C)(C)C)c2o[p+](=O)c3ccccc3c2c1. The molecule has 0 N–H and O–H groups in total. The van der Waals surface area contributed by atoms with Gasteiger partial charge in [-0.15, -0.1) is 0 Å². The zero-order valence-electron chi connectivity index (χ0n) is 16.2. The lowest BCUT2D eigenvalue weighted by Gasteiger charge is -2.22. The van der Waals surface area contributed by atoms with E-state index in [0.29, 0.717) is 0 Å². The summed E-state index contributed by atoms with van der Waals surface area (Å²) in [6, 6.07) is 22.9. The van der Waals surface area contributed by atoms with Crippen LogP contribution >= 0.6 is 7.65 Å². The lowest BCUT2D eigenvalue weighted by Crippen LogP contribution is -2.13. The van der Waals surface area contributed by atoms with Crippen LogP contribution in [0.5, 0.6) is 0 Å². The summed E-state index contributed by atoms with van der Waals surface area (Å²) in [5.41, 5.74) is 4.30. The van der Waals surface area contributed by atoms with Crippen LogP contribution in [0.3, 0.4) is 0 Å². The van der Waals surface area contributed by atoms with Crippen molar-refractivity contribution in [3.8, 4) is 0 Å². The molecule has 3 heteroatoms. The molecule has 2 unspecified atom stereocenters. The predicted molar refractivity (Wildman–Crippen MR) is 114 cm³/mol. The molecule has 136 valence electrons. The Balaban J connectivity index is 2.09. The van der Waals surface area contributed by atoms with Gasteiger partial charge in [0.1, 0.15) is 0 Å². The molecule has 0 saturated heterocycles. The van der Waals surface area contributed by atoms with E-state index in [0.717, 1.165) is 27.0 Å². The largest absolute Gasteiger partial charge is 0.597 e. The van der Waals surface area contributed by atoms with Gasteiger partial charge in [0.15, 0.2) is 5.58 Å². The second kappa shape index (κ2) is 6.62. The van der Waals surface area contributed by atoms with E-state index in [1.165, 1.54) is 11.1 Å². The van der Waals surface area contributed by atoms with Gasteiger partial charge in [-0.3, -0.25) is 0 Å². The van der Waals surface area contributed by atoms with E-state index in [1.54, 1.807) is 0 Å². The van der Waals surface area contributed by atoms with Crippen LogP contribution in [0.2, 0.25) is 0 Å². The van der Waals surface area contributed by atoms with Crippen LogP contribution in [-0.2, 0) is 9.98 Å². The van der Waals surface area contributed by atoms with Crippen molar-refractivity contribution in [1.29, 1.82) is 0 Å². The van der Waals surface area contributed by atoms with Gasteiger partial charge in [0.2, 0.25) is 5.12 Å². The Morgan fingerprint density at radius 3 is 2.22 bits per heavy atom. The second-order valence-corrected chi connectivity index (χ2v) is 9.37. The number of fused-ring (bicyclic) bond motifs is 3. The molecule has 0 amide bonds. The van der Waals surface area contributed by atoms with Crippen molar-refractivity contribution in [1.82, 2.24) is 0 Å². The highest BCUT2D eigenvalue weighted by atomic mass is 31.1. The van der Waals surface area contributed by atoms with Crippen molar-refractivity contribution in [3.63, 3.8) is 0 Å². The van der Waals surface area contributed by atoms with Gasteiger partial charge in [0.25, 0.3) is 0 Å². The third kappa shape index (κ3) is 3.19. The minimum Gasteiger partial charge on any atom is -0.249 e. The maximum Gasteiger partial charge on any atom is 0.597 e. The summed E-state index contributed by atoms with van der Waals surface area (Å²) >= 11 is 0. The van der Waals surface area contributed by atoms with Crippen molar-refractivity contribution in [2.45, 2.75) is 39.0 Å². The number of hydrogen-bond donors (Lipinski definition) is 0. The Morgan fingerprint density at radius 2 is 1.52 bits per heavy atom. The Kier molecular flexibility index (Phi) is 4.40. The fraction of sp³-hybridized carbons (Fsp3) is 0.250. The van der Waals surface area contributed by atoms with Gasteiger partial charge in [-0.2, -0.15) is 0 Å². The first kappa shape index (κ1) is 17.9. The van der Waals surface area contributed by atoms with E-state index in [9.17, 15) is 4.57 Å². The summed E-state index contributed by atoms with van der Waals surface area (Å²) in [4.78, 5) is 0. The van der Waals surface area contributed by atoms with E-state index < -0.39 is 7.65 Å². The number of rotatable bonds is 2. The van der Waals surface area contributed by atoms with E-state index in [-0.39, 0.29) is 11.3 Å². The minimum absolute atomic E-state index is 0.112. The summed E-state index contributed by atoms with van der Waals surface area (Å²) in [5.74, 6) is 0.264. The van der Waals surface area contributed by atoms with Gasteiger partial charge >= 0.3 is 7.65 Å². The van der Waals surface area contributed by atoms with Crippen LogP contribution in [-0.4, -0.2) is 0 Å². The molecule has 1 aromatic heterocycles. The van der Waals surface area contributed by atoms with E-state index in [4.69, 9.17) is 4.20 Å². The van der Waals surface area contributed by atoms with Crippen LogP contribution in [0.15, 0.2) is 70.9 Å². The van der Waals surface area contributed by atoms with Gasteiger partial charge in [0, 0.05) is 22.3 Å². The quantitative estimate of drug-likeness (QED) is 0.335. The van der Waals surface area contributed by atoms with Crippen LogP contribution in [0.1, 0.15) is 50.3 Å². The molecule has 0 aliphatic rings. The van der Waals surface area contributed by atoms with Crippen molar-refractivity contribution in [2.24, 2.45) is 0 Å². The average molecular weight is 375 g/mol. The Labute approximate surface area is 160 Å². The number of benzene rings is 3. The molecule has 0 fully saturated rings. The maximum absolute atomic E-state index is 12.7. The smallest absolute Gasteiger partial charge is 0.249 e. The molecule has 0 radical (unpaired) electrons. The van der Waals surface area contributed by atoms with E-state index >= 15 is 0 Å². The molecule has 0 aliphatic carbocycles. The second-order valence-electron chi connectivity index (χ2n) is 8.19. The third-order valence-electron chi connectivity index (χ3n) is 5.28. The van der Waals surface area contributed by atoms with Crippen molar-refractivity contribution >= 4 is 29.1 Å². The first-order chi connectivity index (χ1) is 12.9. The molecular weight excluding hydrogens is 351 g/mol. The van der Waals surface area contributed by atoms with Gasteiger partial charge in [0.05, 0.1) is 0 Å². The monoisotopic (exact) mass is 375 g/mol. The minimum atomic E-state index is -1.88. The molecule has 1 heterocycles. The highest BCUT2D eigenvalue weighted by Crippen LogP contribution is 2.42. The van der Waals surface area contributed by atoms with Gasteiger partial charge in [-0.05, 0) is 39.3 Å². The van der Waals surface area contributed by atoms with Crippen molar-refractivity contribution < 1.29 is 8.76 Å². The summed E-state index contributed by atoms with van der Waals surface area (Å²) in [6.07, 6.45) is 0. The molecule has 27 heavy (non-hydrogen) atoms. The topological polar surface area (TPSA) is 30.2 Å². The standard InChI is InChI=1S/C24H24O2P/c1-16(17-10-6-5-7-11-17)18-14-20-19-12-8-9-13-22(19)27(25)26-23(20)21(15-18)24(2,3)4/h5-16H,1-4H3/q+1. The van der Waals surface area contributed by atoms with Crippen LogP contribution < -0.4 is 0 Å². The van der Waals surface area contributed by atoms with E-state index in [1.807, 2.05) is 30.3 Å². The summed E-state index contributed by atoms with van der Waals surface area (Å²) < 4.78 is 18.7. The molecule has 4 aromatic rings. The van der Waals surface area contributed by atoms with Gasteiger partial charge in [-0.1, -0.05) is 76.2 Å². The molecule has 0 spiro atoms. The van der Waals surface area contributed by atoms with Crippen LogP contribution in [0.4, 0.5) is 0 Å². The predicted octanol–water partition coefficient (Wildman–Crippen LogP) is 7.78. The normalized spacial score (nSPS) is 13.9. The fourth-order valence-corrected chi connectivity index (χ4v) is 4.74. The molecule has 0 saturated carbocycles. The molecule has 2 atom stereocenters. The molecule has 4 rings (SSSR count). The molecule has 2 nitrogen and oxygen atoms in total.